The van der Waals surface area contributed by atoms with Gasteiger partial charge in [-0.2, -0.15) is 0 Å². The summed E-state index contributed by atoms with van der Waals surface area (Å²) in [7, 11) is 4.07. The number of halogens is 1. The van der Waals surface area contributed by atoms with Crippen molar-refractivity contribution in [3.05, 3.63) is 35.9 Å². The Balaban J connectivity index is 2.58. The maximum absolute atomic E-state index is 12.3. The summed E-state index contributed by atoms with van der Waals surface area (Å²) in [5.41, 5.74) is 0.861. The highest BCUT2D eigenvalue weighted by Crippen LogP contribution is 2.22. The molecule has 0 saturated carbocycles. The maximum Gasteiger partial charge on any atom is 0.245 e. The smallest absolute Gasteiger partial charge is 0.245 e. The molecule has 1 unspecified atom stereocenters. The van der Waals surface area contributed by atoms with Gasteiger partial charge >= 0.3 is 0 Å². The average Bonchev–Trinajstić information content (AvgIpc) is 2.43. The summed E-state index contributed by atoms with van der Waals surface area (Å²) in [6.07, 6.45) is 0.963. The molecular formula is C15H23ClN2O. The van der Waals surface area contributed by atoms with Crippen molar-refractivity contribution in [3.8, 4) is 0 Å². The van der Waals surface area contributed by atoms with Crippen LogP contribution in [0.25, 0.3) is 0 Å². The highest BCUT2D eigenvalue weighted by molar-refractivity contribution is 6.30. The van der Waals surface area contributed by atoms with Gasteiger partial charge in [-0.25, -0.2) is 0 Å². The largest absolute Gasteiger partial charge is 0.341 e. The lowest BCUT2D eigenvalue weighted by Crippen LogP contribution is -2.35. The first-order chi connectivity index (χ1) is 9.06. The van der Waals surface area contributed by atoms with Crippen molar-refractivity contribution in [1.29, 1.82) is 0 Å². The second-order valence-corrected chi connectivity index (χ2v) is 5.28. The summed E-state index contributed by atoms with van der Waals surface area (Å²) < 4.78 is 0. The van der Waals surface area contributed by atoms with Gasteiger partial charge in [-0.3, -0.25) is 4.79 Å². The molecule has 0 N–H and O–H groups in total. The van der Waals surface area contributed by atoms with Gasteiger partial charge in [-0.05, 0) is 39.5 Å². The quantitative estimate of drug-likeness (QED) is 0.718. The number of carbonyl (C=O) groups excluding carboxylic acids is 1. The average molecular weight is 283 g/mol. The minimum absolute atomic E-state index is 0.00544. The van der Waals surface area contributed by atoms with E-state index in [9.17, 15) is 4.79 Å². The Morgan fingerprint density at radius 3 is 2.37 bits per heavy atom. The van der Waals surface area contributed by atoms with Crippen molar-refractivity contribution in [2.75, 3.05) is 33.7 Å². The summed E-state index contributed by atoms with van der Waals surface area (Å²) in [5.74, 6) is -0.00544. The standard InChI is InChI=1S/C15H23ClN2O/c1-4-18(12-8-11-17(2)3)15(19)14(16)13-9-6-5-7-10-13/h5-7,9-10,14H,4,8,11-12H2,1-3H3. The number of hydrogen-bond donors (Lipinski definition) is 0. The lowest BCUT2D eigenvalue weighted by Gasteiger charge is -2.24. The molecule has 1 aromatic rings. The molecule has 0 radical (unpaired) electrons. The topological polar surface area (TPSA) is 23.6 Å². The van der Waals surface area contributed by atoms with Gasteiger partial charge < -0.3 is 9.80 Å². The molecule has 106 valence electrons. The fraction of sp³-hybridized carbons (Fsp3) is 0.533. The molecule has 0 heterocycles. The van der Waals surface area contributed by atoms with Crippen molar-refractivity contribution in [2.45, 2.75) is 18.7 Å². The van der Waals surface area contributed by atoms with Crippen LogP contribution in [0.5, 0.6) is 0 Å². The molecule has 0 aliphatic heterocycles. The molecule has 0 spiro atoms. The van der Waals surface area contributed by atoms with Gasteiger partial charge in [0.05, 0.1) is 0 Å². The Kier molecular flexibility index (Phi) is 6.89. The molecular weight excluding hydrogens is 260 g/mol. The summed E-state index contributed by atoms with van der Waals surface area (Å²) in [5, 5.41) is -0.583. The van der Waals surface area contributed by atoms with Crippen molar-refractivity contribution < 1.29 is 4.79 Å². The fourth-order valence-electron chi connectivity index (χ4n) is 1.93. The first kappa shape index (κ1) is 16.0. The Bertz CT molecular complexity index is 381. The Labute approximate surface area is 121 Å². The fourth-order valence-corrected chi connectivity index (χ4v) is 2.21. The SMILES string of the molecule is CCN(CCCN(C)C)C(=O)C(Cl)c1ccccc1. The molecule has 19 heavy (non-hydrogen) atoms. The molecule has 0 saturated heterocycles. The molecule has 0 aromatic heterocycles. The zero-order chi connectivity index (χ0) is 14.3. The molecule has 3 nitrogen and oxygen atoms in total. The summed E-state index contributed by atoms with van der Waals surface area (Å²) in [6, 6.07) is 9.51. The zero-order valence-corrected chi connectivity index (χ0v) is 12.7. The van der Waals surface area contributed by atoms with Crippen molar-refractivity contribution >= 4 is 17.5 Å². The Morgan fingerprint density at radius 2 is 1.84 bits per heavy atom. The van der Waals surface area contributed by atoms with E-state index in [1.807, 2.05) is 56.3 Å². The highest BCUT2D eigenvalue weighted by Gasteiger charge is 2.22. The van der Waals surface area contributed by atoms with E-state index in [1.165, 1.54) is 0 Å². The zero-order valence-electron chi connectivity index (χ0n) is 12.0. The number of benzene rings is 1. The number of alkyl halides is 1. The van der Waals surface area contributed by atoms with Gasteiger partial charge in [0, 0.05) is 13.1 Å². The van der Waals surface area contributed by atoms with E-state index in [4.69, 9.17) is 11.6 Å². The van der Waals surface area contributed by atoms with Gasteiger partial charge in [-0.15, -0.1) is 11.6 Å². The van der Waals surface area contributed by atoms with Crippen molar-refractivity contribution in [3.63, 3.8) is 0 Å². The van der Waals surface area contributed by atoms with Crippen LogP contribution in [0.15, 0.2) is 30.3 Å². The minimum atomic E-state index is -0.583. The number of amides is 1. The Morgan fingerprint density at radius 1 is 1.21 bits per heavy atom. The van der Waals surface area contributed by atoms with Crippen LogP contribution in [0.2, 0.25) is 0 Å². The predicted octanol–water partition coefficient (Wildman–Crippen LogP) is 2.77. The normalized spacial score (nSPS) is 12.5. The second-order valence-electron chi connectivity index (χ2n) is 4.85. The molecule has 0 aliphatic carbocycles. The molecule has 4 heteroatoms. The van der Waals surface area contributed by atoms with Crippen LogP contribution in [0.1, 0.15) is 24.3 Å². The lowest BCUT2D eigenvalue weighted by molar-refractivity contribution is -0.130. The lowest BCUT2D eigenvalue weighted by atomic mass is 10.1. The van der Waals surface area contributed by atoms with Crippen LogP contribution < -0.4 is 0 Å². The van der Waals surface area contributed by atoms with E-state index in [2.05, 4.69) is 4.90 Å². The summed E-state index contributed by atoms with van der Waals surface area (Å²) in [4.78, 5) is 16.3. The van der Waals surface area contributed by atoms with Crippen LogP contribution in [-0.4, -0.2) is 49.4 Å². The van der Waals surface area contributed by atoms with E-state index in [1.54, 1.807) is 0 Å². The number of carbonyl (C=O) groups is 1. The molecule has 0 fully saturated rings. The van der Waals surface area contributed by atoms with Gasteiger partial charge in [0.1, 0.15) is 5.38 Å². The third-order valence-corrected chi connectivity index (χ3v) is 3.47. The third-order valence-electron chi connectivity index (χ3n) is 3.04. The molecule has 1 atom stereocenters. The molecule has 1 amide bonds. The Hall–Kier alpha value is -1.06. The van der Waals surface area contributed by atoms with Gasteiger partial charge in [-0.1, -0.05) is 30.3 Å². The van der Waals surface area contributed by atoms with E-state index >= 15 is 0 Å². The van der Waals surface area contributed by atoms with Gasteiger partial charge in [0.25, 0.3) is 0 Å². The summed E-state index contributed by atoms with van der Waals surface area (Å²) in [6.45, 7) is 4.41. The van der Waals surface area contributed by atoms with Gasteiger partial charge in [0.15, 0.2) is 0 Å². The number of rotatable bonds is 7. The predicted molar refractivity (Wildman–Crippen MR) is 80.5 cm³/mol. The number of nitrogens with zero attached hydrogens (tertiary/aromatic N) is 2. The monoisotopic (exact) mass is 282 g/mol. The van der Waals surface area contributed by atoms with Crippen LogP contribution in [-0.2, 0) is 4.79 Å². The first-order valence-corrected chi connectivity index (χ1v) is 7.12. The summed E-state index contributed by atoms with van der Waals surface area (Å²) >= 11 is 6.27. The number of likely N-dealkylation sites (N-methyl/N-ethyl adjacent to an activating group) is 1. The first-order valence-electron chi connectivity index (χ1n) is 6.68. The molecule has 0 aliphatic rings. The van der Waals surface area contributed by atoms with Gasteiger partial charge in [0.2, 0.25) is 5.91 Å². The van der Waals surface area contributed by atoms with E-state index < -0.39 is 5.38 Å². The van der Waals surface area contributed by atoms with Crippen LogP contribution >= 0.6 is 11.6 Å². The molecule has 1 aromatic carbocycles. The maximum atomic E-state index is 12.3. The third kappa shape index (κ3) is 5.21. The second kappa shape index (κ2) is 8.18. The van der Waals surface area contributed by atoms with Crippen molar-refractivity contribution in [2.24, 2.45) is 0 Å². The van der Waals surface area contributed by atoms with Crippen LogP contribution in [0.3, 0.4) is 0 Å². The minimum Gasteiger partial charge on any atom is -0.341 e. The van der Waals surface area contributed by atoms with Crippen LogP contribution in [0, 0.1) is 0 Å². The van der Waals surface area contributed by atoms with E-state index in [0.717, 1.165) is 25.1 Å². The molecule has 0 bridgehead atoms. The van der Waals surface area contributed by atoms with E-state index in [-0.39, 0.29) is 5.91 Å². The van der Waals surface area contributed by atoms with Crippen LogP contribution in [0.4, 0.5) is 0 Å². The molecule has 1 rings (SSSR count). The van der Waals surface area contributed by atoms with E-state index in [0.29, 0.717) is 6.54 Å². The highest BCUT2D eigenvalue weighted by atomic mass is 35.5. The van der Waals surface area contributed by atoms with Crippen molar-refractivity contribution in [1.82, 2.24) is 9.80 Å². The number of hydrogen-bond acceptors (Lipinski definition) is 2.